The summed E-state index contributed by atoms with van der Waals surface area (Å²) in [7, 11) is 3.17. The highest BCUT2D eigenvalue weighted by Gasteiger charge is 2.13. The molecule has 1 aromatic heterocycles. The maximum absolute atomic E-state index is 12.0. The Labute approximate surface area is 158 Å². The minimum atomic E-state index is -0.222. The Morgan fingerprint density at radius 1 is 1.15 bits per heavy atom. The van der Waals surface area contributed by atoms with Gasteiger partial charge in [0, 0.05) is 32.5 Å². The van der Waals surface area contributed by atoms with E-state index in [1.165, 1.54) is 6.92 Å². The molecule has 2 amide bonds. The largest absolute Gasteiger partial charge is 0.493 e. The van der Waals surface area contributed by atoms with Gasteiger partial charge in [-0.15, -0.1) is 0 Å². The predicted molar refractivity (Wildman–Crippen MR) is 100.0 cm³/mol. The Bertz CT molecular complexity index is 787. The molecule has 0 aliphatic heterocycles. The van der Waals surface area contributed by atoms with E-state index in [0.717, 1.165) is 5.56 Å². The van der Waals surface area contributed by atoms with Crippen LogP contribution in [-0.2, 0) is 16.0 Å². The Morgan fingerprint density at radius 2 is 1.89 bits per heavy atom. The lowest BCUT2D eigenvalue weighted by molar-refractivity contribution is -0.129. The molecule has 0 spiro atoms. The molecule has 1 N–H and O–H groups in total. The third kappa shape index (κ3) is 6.02. The number of ether oxygens (including phenoxy) is 2. The van der Waals surface area contributed by atoms with Crippen molar-refractivity contribution in [2.75, 3.05) is 32.6 Å². The fourth-order valence-corrected chi connectivity index (χ4v) is 2.59. The molecule has 2 aromatic rings. The van der Waals surface area contributed by atoms with Crippen LogP contribution in [0.3, 0.4) is 0 Å². The number of aromatic nitrogens is 1. The van der Waals surface area contributed by atoms with Crippen LogP contribution in [0, 0.1) is 6.92 Å². The van der Waals surface area contributed by atoms with Crippen LogP contribution < -0.4 is 14.8 Å². The topological polar surface area (TPSA) is 93.9 Å². The first-order valence-electron chi connectivity index (χ1n) is 8.62. The van der Waals surface area contributed by atoms with E-state index in [2.05, 4.69) is 10.5 Å². The third-order valence-electron chi connectivity index (χ3n) is 4.07. The lowest BCUT2D eigenvalue weighted by Crippen LogP contribution is -2.33. The number of carbonyl (C=O) groups excluding carboxylic acids is 2. The normalized spacial score (nSPS) is 10.4. The van der Waals surface area contributed by atoms with Crippen LogP contribution in [0.2, 0.25) is 0 Å². The van der Waals surface area contributed by atoms with Gasteiger partial charge in [-0.05, 0) is 31.0 Å². The second-order valence-electron chi connectivity index (χ2n) is 6.07. The molecular weight excluding hydrogens is 350 g/mol. The fourth-order valence-electron chi connectivity index (χ4n) is 2.59. The smallest absolute Gasteiger partial charge is 0.227 e. The monoisotopic (exact) mass is 375 g/mol. The van der Waals surface area contributed by atoms with E-state index in [9.17, 15) is 9.59 Å². The van der Waals surface area contributed by atoms with Gasteiger partial charge in [-0.3, -0.25) is 9.59 Å². The van der Waals surface area contributed by atoms with Gasteiger partial charge in [0.2, 0.25) is 11.8 Å². The molecule has 0 saturated carbocycles. The molecule has 27 heavy (non-hydrogen) atoms. The molecule has 0 bridgehead atoms. The maximum atomic E-state index is 12.0. The van der Waals surface area contributed by atoms with Crippen LogP contribution in [0.25, 0.3) is 0 Å². The van der Waals surface area contributed by atoms with Crippen molar-refractivity contribution in [3.05, 3.63) is 35.6 Å². The molecule has 1 heterocycles. The molecule has 0 aliphatic rings. The molecule has 146 valence electrons. The number of benzene rings is 1. The zero-order valence-corrected chi connectivity index (χ0v) is 16.1. The average molecular weight is 375 g/mol. The fraction of sp³-hybridized carbons (Fsp3) is 0.421. The minimum Gasteiger partial charge on any atom is -0.493 e. The number of rotatable bonds is 9. The number of carbonyl (C=O) groups is 2. The molecule has 8 nitrogen and oxygen atoms in total. The van der Waals surface area contributed by atoms with Crippen LogP contribution in [0.1, 0.15) is 24.7 Å². The summed E-state index contributed by atoms with van der Waals surface area (Å²) in [6.45, 7) is 4.06. The molecule has 0 saturated heterocycles. The van der Waals surface area contributed by atoms with Crippen LogP contribution in [-0.4, -0.2) is 49.2 Å². The van der Waals surface area contributed by atoms with Gasteiger partial charge in [-0.1, -0.05) is 11.2 Å². The molecule has 0 fully saturated rings. The maximum Gasteiger partial charge on any atom is 0.227 e. The van der Waals surface area contributed by atoms with Crippen LogP contribution >= 0.6 is 0 Å². The number of anilines is 1. The summed E-state index contributed by atoms with van der Waals surface area (Å²) in [5.74, 6) is 1.99. The quantitative estimate of drug-likeness (QED) is 0.723. The van der Waals surface area contributed by atoms with Crippen molar-refractivity contribution in [2.45, 2.75) is 26.7 Å². The number of hydrogen-bond donors (Lipinski definition) is 1. The Balaban J connectivity index is 1.88. The summed E-state index contributed by atoms with van der Waals surface area (Å²) in [5, 5.41) is 6.36. The molecule has 8 heteroatoms. The van der Waals surface area contributed by atoms with Crippen molar-refractivity contribution in [1.82, 2.24) is 10.1 Å². The zero-order chi connectivity index (χ0) is 19.8. The molecule has 0 aliphatic carbocycles. The van der Waals surface area contributed by atoms with Crippen molar-refractivity contribution < 1.29 is 23.6 Å². The predicted octanol–water partition coefficient (Wildman–Crippen LogP) is 2.42. The van der Waals surface area contributed by atoms with Crippen molar-refractivity contribution in [1.29, 1.82) is 0 Å². The summed E-state index contributed by atoms with van der Waals surface area (Å²) in [6.07, 6.45) is 0.821. The van der Waals surface area contributed by atoms with E-state index in [0.29, 0.717) is 42.6 Å². The van der Waals surface area contributed by atoms with Gasteiger partial charge in [0.15, 0.2) is 17.3 Å². The molecular formula is C19H25N3O5. The molecule has 0 radical (unpaired) electrons. The highest BCUT2D eigenvalue weighted by Crippen LogP contribution is 2.27. The number of nitrogens with zero attached hydrogens (tertiary/aromatic N) is 2. The Hall–Kier alpha value is -3.03. The van der Waals surface area contributed by atoms with Crippen molar-refractivity contribution in [3.63, 3.8) is 0 Å². The van der Waals surface area contributed by atoms with E-state index >= 15 is 0 Å². The Kier molecular flexibility index (Phi) is 7.22. The number of nitrogens with one attached hydrogen (secondary N) is 1. The molecule has 0 atom stereocenters. The summed E-state index contributed by atoms with van der Waals surface area (Å²) < 4.78 is 15.4. The average Bonchev–Trinajstić information content (AvgIpc) is 3.05. The van der Waals surface area contributed by atoms with Crippen molar-refractivity contribution >= 4 is 17.6 Å². The third-order valence-corrected chi connectivity index (χ3v) is 4.07. The lowest BCUT2D eigenvalue weighted by Gasteiger charge is -2.21. The molecule has 0 unspecified atom stereocenters. The number of amides is 2. The van der Waals surface area contributed by atoms with Gasteiger partial charge >= 0.3 is 0 Å². The first-order valence-corrected chi connectivity index (χ1v) is 8.62. The highest BCUT2D eigenvalue weighted by atomic mass is 16.5. The second-order valence-corrected chi connectivity index (χ2v) is 6.07. The van der Waals surface area contributed by atoms with Gasteiger partial charge < -0.3 is 24.2 Å². The van der Waals surface area contributed by atoms with E-state index in [4.69, 9.17) is 14.0 Å². The van der Waals surface area contributed by atoms with E-state index < -0.39 is 0 Å². The van der Waals surface area contributed by atoms with Crippen LogP contribution in [0.5, 0.6) is 11.5 Å². The summed E-state index contributed by atoms with van der Waals surface area (Å²) >= 11 is 0. The number of aryl methyl sites for hydroxylation is 1. The summed E-state index contributed by atoms with van der Waals surface area (Å²) in [6, 6.07) is 7.29. The van der Waals surface area contributed by atoms with E-state index in [1.807, 2.05) is 18.2 Å². The number of methoxy groups -OCH3 is 2. The van der Waals surface area contributed by atoms with Gasteiger partial charge in [-0.2, -0.15) is 0 Å². The molecule has 1 aromatic carbocycles. The standard InChI is InChI=1S/C19H25N3O5/c1-13-11-18(21-27-13)20-19(24)8-10-22(14(2)23)9-7-15-5-6-16(25-3)17(12-15)26-4/h5-6,11-12H,7-10H2,1-4H3,(H,20,21,24). The minimum absolute atomic E-state index is 0.0828. The van der Waals surface area contributed by atoms with Crippen molar-refractivity contribution in [2.24, 2.45) is 0 Å². The van der Waals surface area contributed by atoms with Crippen LogP contribution in [0.15, 0.2) is 28.8 Å². The first-order chi connectivity index (χ1) is 12.9. The van der Waals surface area contributed by atoms with E-state index in [-0.39, 0.29) is 18.2 Å². The number of hydrogen-bond acceptors (Lipinski definition) is 6. The Morgan fingerprint density at radius 3 is 2.48 bits per heavy atom. The SMILES string of the molecule is COc1ccc(CCN(CCC(=O)Nc2cc(C)on2)C(C)=O)cc1OC. The highest BCUT2D eigenvalue weighted by molar-refractivity contribution is 5.90. The summed E-state index contributed by atoms with van der Waals surface area (Å²) in [5.41, 5.74) is 1.02. The first kappa shape index (κ1) is 20.3. The van der Waals surface area contributed by atoms with Crippen LogP contribution in [0.4, 0.5) is 5.82 Å². The van der Waals surface area contributed by atoms with Gasteiger partial charge in [0.05, 0.1) is 14.2 Å². The van der Waals surface area contributed by atoms with Gasteiger partial charge in [-0.25, -0.2) is 0 Å². The second kappa shape index (κ2) is 9.61. The zero-order valence-electron chi connectivity index (χ0n) is 16.1. The summed E-state index contributed by atoms with van der Waals surface area (Å²) in [4.78, 5) is 25.5. The lowest BCUT2D eigenvalue weighted by atomic mass is 10.1. The van der Waals surface area contributed by atoms with E-state index in [1.54, 1.807) is 32.1 Å². The van der Waals surface area contributed by atoms with Gasteiger partial charge in [0.25, 0.3) is 0 Å². The molecule has 2 rings (SSSR count). The van der Waals surface area contributed by atoms with Gasteiger partial charge in [0.1, 0.15) is 5.76 Å². The van der Waals surface area contributed by atoms with Crippen molar-refractivity contribution in [3.8, 4) is 11.5 Å².